The van der Waals surface area contributed by atoms with Crippen LogP contribution in [-0.4, -0.2) is 27.9 Å². The standard InChI is InChI=1S/C33H36N4O2/c1-20-8-7-9-22(14-20)21(2)36-32(39)28-18-37(6)30-13-11-23(15-26(28)30)24-10-12-25-27(17-34-29(25)16-24)31(38)35-19-33(3,4)5/h7-18,21,34H,19H2,1-6H3,(H,35,38)(H,36,39)/t21-/m0/s1. The first-order chi connectivity index (χ1) is 18.5. The van der Waals surface area contributed by atoms with E-state index in [9.17, 15) is 9.59 Å². The Morgan fingerprint density at radius 3 is 2.41 bits per heavy atom. The summed E-state index contributed by atoms with van der Waals surface area (Å²) in [5.74, 6) is -0.178. The fraction of sp³-hybridized carbons (Fsp3) is 0.273. The lowest BCUT2D eigenvalue weighted by atomic mass is 9.97. The zero-order valence-corrected chi connectivity index (χ0v) is 23.5. The molecule has 0 unspecified atom stereocenters. The van der Waals surface area contributed by atoms with Gasteiger partial charge in [-0.15, -0.1) is 0 Å². The number of aryl methyl sites for hydroxylation is 2. The van der Waals surface area contributed by atoms with Crippen molar-refractivity contribution in [3.05, 3.63) is 95.3 Å². The maximum Gasteiger partial charge on any atom is 0.253 e. The molecule has 0 aliphatic heterocycles. The zero-order valence-electron chi connectivity index (χ0n) is 23.5. The average Bonchev–Trinajstić information content (AvgIpc) is 3.47. The van der Waals surface area contributed by atoms with Crippen LogP contribution in [-0.2, 0) is 7.05 Å². The van der Waals surface area contributed by atoms with Gasteiger partial charge in [0.05, 0.1) is 17.2 Å². The van der Waals surface area contributed by atoms with Crippen molar-refractivity contribution in [1.29, 1.82) is 0 Å². The van der Waals surface area contributed by atoms with Crippen LogP contribution >= 0.6 is 0 Å². The Morgan fingerprint density at radius 2 is 1.67 bits per heavy atom. The molecule has 0 fully saturated rings. The van der Waals surface area contributed by atoms with E-state index in [4.69, 9.17) is 0 Å². The Hall–Kier alpha value is -4.32. The van der Waals surface area contributed by atoms with Crippen molar-refractivity contribution >= 4 is 33.6 Å². The third-order valence-electron chi connectivity index (χ3n) is 7.16. The van der Waals surface area contributed by atoms with E-state index in [0.717, 1.165) is 38.5 Å². The van der Waals surface area contributed by atoms with Gasteiger partial charge in [-0.25, -0.2) is 0 Å². The summed E-state index contributed by atoms with van der Waals surface area (Å²) in [5, 5.41) is 7.98. The van der Waals surface area contributed by atoms with Crippen molar-refractivity contribution < 1.29 is 9.59 Å². The van der Waals surface area contributed by atoms with Gasteiger partial charge < -0.3 is 20.2 Å². The summed E-state index contributed by atoms with van der Waals surface area (Å²) in [7, 11) is 1.96. The lowest BCUT2D eigenvalue weighted by molar-refractivity contribution is 0.0933. The smallest absolute Gasteiger partial charge is 0.253 e. The molecule has 6 heteroatoms. The van der Waals surface area contributed by atoms with Crippen LogP contribution in [0.5, 0.6) is 0 Å². The summed E-state index contributed by atoms with van der Waals surface area (Å²) in [6.07, 6.45) is 3.66. The summed E-state index contributed by atoms with van der Waals surface area (Å²) in [4.78, 5) is 29.4. The number of benzene rings is 3. The summed E-state index contributed by atoms with van der Waals surface area (Å²) < 4.78 is 1.99. The fourth-order valence-corrected chi connectivity index (χ4v) is 4.98. The van der Waals surface area contributed by atoms with Gasteiger partial charge in [-0.1, -0.05) is 68.8 Å². The minimum atomic E-state index is -0.110. The number of carbonyl (C=O) groups excluding carboxylic acids is 2. The van der Waals surface area contributed by atoms with E-state index in [1.54, 1.807) is 6.20 Å². The quantitative estimate of drug-likeness (QED) is 0.228. The number of H-pyrrole nitrogens is 1. The third-order valence-corrected chi connectivity index (χ3v) is 7.16. The highest BCUT2D eigenvalue weighted by atomic mass is 16.2. The molecule has 3 N–H and O–H groups in total. The molecule has 6 nitrogen and oxygen atoms in total. The van der Waals surface area contributed by atoms with E-state index in [0.29, 0.717) is 17.7 Å². The average molecular weight is 521 g/mol. The van der Waals surface area contributed by atoms with Crippen molar-refractivity contribution in [2.24, 2.45) is 12.5 Å². The lowest BCUT2D eigenvalue weighted by Crippen LogP contribution is -2.32. The Labute approximate surface area is 229 Å². The van der Waals surface area contributed by atoms with Crippen LogP contribution in [0.15, 0.2) is 73.1 Å². The Bertz CT molecular complexity index is 1700. The van der Waals surface area contributed by atoms with Gasteiger partial charge in [0.25, 0.3) is 11.8 Å². The van der Waals surface area contributed by atoms with Crippen LogP contribution in [0.1, 0.15) is 65.6 Å². The SMILES string of the molecule is Cc1cccc([C@H](C)NC(=O)c2cn(C)c3ccc(-c4ccc5c(C(=O)NCC(C)(C)C)c[nH]c5c4)cc23)c1. The number of hydrogen-bond acceptors (Lipinski definition) is 2. The topological polar surface area (TPSA) is 78.9 Å². The van der Waals surface area contributed by atoms with E-state index in [1.807, 2.05) is 49.0 Å². The molecule has 1 atom stereocenters. The molecule has 200 valence electrons. The number of fused-ring (bicyclic) bond motifs is 2. The third kappa shape index (κ3) is 5.46. The van der Waals surface area contributed by atoms with Gasteiger partial charge in [-0.05, 0) is 54.2 Å². The van der Waals surface area contributed by atoms with E-state index in [1.165, 1.54) is 5.56 Å². The predicted octanol–water partition coefficient (Wildman–Crippen LogP) is 6.90. The normalized spacial score (nSPS) is 12.6. The van der Waals surface area contributed by atoms with Gasteiger partial charge in [-0.2, -0.15) is 0 Å². The van der Waals surface area contributed by atoms with E-state index >= 15 is 0 Å². The molecule has 2 aromatic heterocycles. The summed E-state index contributed by atoms with van der Waals surface area (Å²) >= 11 is 0. The lowest BCUT2D eigenvalue weighted by Gasteiger charge is -2.18. The van der Waals surface area contributed by atoms with Crippen molar-refractivity contribution in [3.8, 4) is 11.1 Å². The van der Waals surface area contributed by atoms with Crippen molar-refractivity contribution in [1.82, 2.24) is 20.2 Å². The van der Waals surface area contributed by atoms with Gasteiger partial charge in [0.15, 0.2) is 0 Å². The number of nitrogens with one attached hydrogen (secondary N) is 3. The highest BCUT2D eigenvalue weighted by Crippen LogP contribution is 2.31. The second-order valence-corrected chi connectivity index (χ2v) is 11.7. The first kappa shape index (κ1) is 26.3. The molecule has 2 heterocycles. The summed E-state index contributed by atoms with van der Waals surface area (Å²) in [6, 6.07) is 20.4. The number of aromatic amines is 1. The molecule has 0 spiro atoms. The maximum atomic E-state index is 13.4. The van der Waals surface area contributed by atoms with Gasteiger partial charge in [0, 0.05) is 47.8 Å². The Morgan fingerprint density at radius 1 is 0.923 bits per heavy atom. The minimum Gasteiger partial charge on any atom is -0.360 e. The highest BCUT2D eigenvalue weighted by molar-refractivity contribution is 6.09. The van der Waals surface area contributed by atoms with Crippen LogP contribution in [0.2, 0.25) is 0 Å². The molecule has 39 heavy (non-hydrogen) atoms. The second-order valence-electron chi connectivity index (χ2n) is 11.7. The van der Waals surface area contributed by atoms with Gasteiger partial charge in [0.2, 0.25) is 0 Å². The number of carbonyl (C=O) groups is 2. The van der Waals surface area contributed by atoms with Crippen LogP contribution in [0.4, 0.5) is 0 Å². The molecule has 2 amide bonds. The van der Waals surface area contributed by atoms with Gasteiger partial charge >= 0.3 is 0 Å². The minimum absolute atomic E-state index is 0.0133. The maximum absolute atomic E-state index is 13.4. The fourth-order valence-electron chi connectivity index (χ4n) is 4.98. The zero-order chi connectivity index (χ0) is 27.9. The molecule has 5 aromatic rings. The predicted molar refractivity (Wildman–Crippen MR) is 159 cm³/mol. The first-order valence-electron chi connectivity index (χ1n) is 13.4. The number of rotatable bonds is 6. The van der Waals surface area contributed by atoms with Crippen LogP contribution in [0, 0.1) is 12.3 Å². The largest absolute Gasteiger partial charge is 0.360 e. The van der Waals surface area contributed by atoms with Crippen LogP contribution < -0.4 is 10.6 Å². The number of aromatic nitrogens is 2. The molecule has 0 bridgehead atoms. The molecule has 0 saturated heterocycles. The molecule has 5 rings (SSSR count). The van der Waals surface area contributed by atoms with Gasteiger partial charge in [0.1, 0.15) is 0 Å². The highest BCUT2D eigenvalue weighted by Gasteiger charge is 2.19. The molecule has 0 aliphatic rings. The molecule has 3 aromatic carbocycles. The van der Waals surface area contributed by atoms with E-state index < -0.39 is 0 Å². The van der Waals surface area contributed by atoms with Crippen LogP contribution in [0.25, 0.3) is 32.9 Å². The van der Waals surface area contributed by atoms with Crippen molar-refractivity contribution in [2.75, 3.05) is 6.54 Å². The van der Waals surface area contributed by atoms with Gasteiger partial charge in [-0.3, -0.25) is 9.59 Å². The number of amides is 2. The second kappa shape index (κ2) is 10.1. The van der Waals surface area contributed by atoms with Crippen molar-refractivity contribution in [2.45, 2.75) is 40.7 Å². The van der Waals surface area contributed by atoms with Crippen LogP contribution in [0.3, 0.4) is 0 Å². The molecular weight excluding hydrogens is 484 g/mol. The molecule has 0 saturated carbocycles. The monoisotopic (exact) mass is 520 g/mol. The summed E-state index contributed by atoms with van der Waals surface area (Å²) in [5.41, 5.74) is 7.45. The van der Waals surface area contributed by atoms with E-state index in [-0.39, 0.29) is 23.3 Å². The molecule has 0 aliphatic carbocycles. The molecule has 0 radical (unpaired) electrons. The first-order valence-corrected chi connectivity index (χ1v) is 13.4. The van der Waals surface area contributed by atoms with E-state index in [2.05, 4.69) is 79.7 Å². The number of nitrogens with zero attached hydrogens (tertiary/aromatic N) is 1. The Balaban J connectivity index is 1.43. The summed E-state index contributed by atoms with van der Waals surface area (Å²) in [6.45, 7) is 10.9. The Kier molecular flexibility index (Phi) is 6.81. The van der Waals surface area contributed by atoms with Crippen molar-refractivity contribution in [3.63, 3.8) is 0 Å². The number of hydrogen-bond donors (Lipinski definition) is 3. The molecular formula is C33H36N4O2.